The first kappa shape index (κ1) is 10.6. The molecule has 0 unspecified atom stereocenters. The molecular weight excluding hydrogens is 232 g/mol. The van der Waals surface area contributed by atoms with Crippen LogP contribution in [0.3, 0.4) is 0 Å². The van der Waals surface area contributed by atoms with Crippen LogP contribution in [0.1, 0.15) is 16.3 Å². The van der Waals surface area contributed by atoms with Crippen LogP contribution in [0.2, 0.25) is 5.02 Å². The predicted molar refractivity (Wildman–Crippen MR) is 55.9 cm³/mol. The van der Waals surface area contributed by atoms with Gasteiger partial charge in [-0.25, -0.2) is 19.4 Å². The van der Waals surface area contributed by atoms with E-state index < -0.39 is 5.97 Å². The maximum atomic E-state index is 10.7. The quantitative estimate of drug-likeness (QED) is 0.853. The summed E-state index contributed by atoms with van der Waals surface area (Å²) in [6.07, 6.45) is 2.89. The first-order chi connectivity index (χ1) is 7.58. The Labute approximate surface area is 95.5 Å². The fourth-order valence-electron chi connectivity index (χ4n) is 1.15. The highest BCUT2D eigenvalue weighted by Gasteiger charge is 2.12. The molecule has 0 aliphatic carbocycles. The molecule has 7 heteroatoms. The Morgan fingerprint density at radius 3 is 2.88 bits per heavy atom. The topological polar surface area (TPSA) is 80.9 Å². The van der Waals surface area contributed by atoms with Gasteiger partial charge in [0.05, 0.1) is 11.9 Å². The Balaban J connectivity index is 2.55. The molecule has 0 saturated heterocycles. The smallest absolute Gasteiger partial charge is 0.374 e. The summed E-state index contributed by atoms with van der Waals surface area (Å²) in [6, 6.07) is 1.76. The second-order valence-electron chi connectivity index (χ2n) is 3.07. The lowest BCUT2D eigenvalue weighted by molar-refractivity contribution is 0.0683. The first-order valence-corrected chi connectivity index (χ1v) is 4.74. The van der Waals surface area contributed by atoms with Gasteiger partial charge in [0.15, 0.2) is 5.82 Å². The Morgan fingerprint density at radius 1 is 1.56 bits per heavy atom. The lowest BCUT2D eigenvalue weighted by Gasteiger charge is -2.03. The summed E-state index contributed by atoms with van der Waals surface area (Å²) in [5.74, 6) is -1.27. The van der Waals surface area contributed by atoms with Crippen molar-refractivity contribution in [2.75, 3.05) is 0 Å². The number of aromatic carboxylic acids is 1. The van der Waals surface area contributed by atoms with Crippen LogP contribution in [-0.2, 0) is 0 Å². The average molecular weight is 239 g/mol. The molecule has 0 spiro atoms. The summed E-state index contributed by atoms with van der Waals surface area (Å²) in [5.41, 5.74) is 0.784. The van der Waals surface area contributed by atoms with E-state index in [4.69, 9.17) is 16.7 Å². The van der Waals surface area contributed by atoms with Crippen LogP contribution in [0.15, 0.2) is 18.5 Å². The van der Waals surface area contributed by atoms with Crippen LogP contribution in [0, 0.1) is 6.92 Å². The third-order valence-electron chi connectivity index (χ3n) is 1.86. The number of hydrogen-bond donors (Lipinski definition) is 1. The third-order valence-corrected chi connectivity index (χ3v) is 2.12. The van der Waals surface area contributed by atoms with Crippen molar-refractivity contribution in [3.8, 4) is 5.82 Å². The van der Waals surface area contributed by atoms with Crippen molar-refractivity contribution in [3.05, 3.63) is 35.0 Å². The zero-order chi connectivity index (χ0) is 11.7. The number of carboxylic acid groups (broad SMARTS) is 1. The molecule has 2 heterocycles. The van der Waals surface area contributed by atoms with Crippen LogP contribution in [0.25, 0.3) is 5.82 Å². The fourth-order valence-corrected chi connectivity index (χ4v) is 1.33. The molecule has 1 N–H and O–H groups in total. The molecular formula is C9H7ClN4O2. The van der Waals surface area contributed by atoms with Crippen molar-refractivity contribution in [2.45, 2.75) is 6.92 Å². The molecule has 16 heavy (non-hydrogen) atoms. The minimum absolute atomic E-state index is 0.244. The molecule has 2 aromatic heterocycles. The van der Waals surface area contributed by atoms with Crippen molar-refractivity contribution < 1.29 is 9.90 Å². The lowest BCUT2D eigenvalue weighted by atomic mass is 10.5. The molecule has 0 radical (unpaired) electrons. The predicted octanol–water partition coefficient (Wildman–Crippen LogP) is 1.32. The highest BCUT2D eigenvalue weighted by molar-refractivity contribution is 6.32. The number of carboxylic acids is 1. The SMILES string of the molecule is Cc1ccn(-c2nc(C(=O)O)ncc2Cl)n1. The number of carbonyl (C=O) groups is 1. The summed E-state index contributed by atoms with van der Waals surface area (Å²) in [6.45, 7) is 1.81. The van der Waals surface area contributed by atoms with E-state index in [-0.39, 0.29) is 16.7 Å². The van der Waals surface area contributed by atoms with Crippen molar-refractivity contribution >= 4 is 17.6 Å². The zero-order valence-corrected chi connectivity index (χ0v) is 9.01. The minimum atomic E-state index is -1.21. The molecule has 0 aliphatic rings. The van der Waals surface area contributed by atoms with Crippen LogP contribution in [-0.4, -0.2) is 30.8 Å². The minimum Gasteiger partial charge on any atom is -0.475 e. The van der Waals surface area contributed by atoms with E-state index in [1.165, 1.54) is 10.9 Å². The standard InChI is InChI=1S/C9H7ClN4O2/c1-5-2-3-14(13-5)8-6(10)4-11-7(12-8)9(15)16/h2-4H,1H3,(H,15,16). The molecule has 0 amide bonds. The van der Waals surface area contributed by atoms with Gasteiger partial charge in [-0.2, -0.15) is 5.10 Å². The van der Waals surface area contributed by atoms with Crippen molar-refractivity contribution in [3.63, 3.8) is 0 Å². The van der Waals surface area contributed by atoms with Gasteiger partial charge in [0.2, 0.25) is 5.82 Å². The highest BCUT2D eigenvalue weighted by atomic mass is 35.5. The van der Waals surface area contributed by atoms with Gasteiger partial charge in [0, 0.05) is 6.20 Å². The van der Waals surface area contributed by atoms with Gasteiger partial charge >= 0.3 is 5.97 Å². The zero-order valence-electron chi connectivity index (χ0n) is 8.25. The van der Waals surface area contributed by atoms with Gasteiger partial charge in [-0.1, -0.05) is 11.6 Å². The molecule has 2 aromatic rings. The highest BCUT2D eigenvalue weighted by Crippen LogP contribution is 2.16. The largest absolute Gasteiger partial charge is 0.475 e. The van der Waals surface area contributed by atoms with Gasteiger partial charge in [-0.05, 0) is 13.0 Å². The molecule has 0 atom stereocenters. The fraction of sp³-hybridized carbons (Fsp3) is 0.111. The maximum absolute atomic E-state index is 10.7. The summed E-state index contributed by atoms with van der Waals surface area (Å²) < 4.78 is 1.41. The summed E-state index contributed by atoms with van der Waals surface area (Å²) >= 11 is 5.87. The van der Waals surface area contributed by atoms with E-state index in [1.54, 1.807) is 12.3 Å². The van der Waals surface area contributed by atoms with Crippen LogP contribution < -0.4 is 0 Å². The number of aromatic nitrogens is 4. The van der Waals surface area contributed by atoms with E-state index in [9.17, 15) is 4.79 Å². The Bertz CT molecular complexity index is 552. The molecule has 0 bridgehead atoms. The number of aryl methyl sites for hydroxylation is 1. The van der Waals surface area contributed by atoms with Crippen molar-refractivity contribution in [2.24, 2.45) is 0 Å². The number of rotatable bonds is 2. The van der Waals surface area contributed by atoms with Gasteiger partial charge in [-0.15, -0.1) is 0 Å². The first-order valence-electron chi connectivity index (χ1n) is 4.36. The van der Waals surface area contributed by atoms with E-state index in [0.717, 1.165) is 5.69 Å². The van der Waals surface area contributed by atoms with Gasteiger partial charge in [0.1, 0.15) is 5.02 Å². The summed E-state index contributed by atoms with van der Waals surface area (Å²) in [5, 5.41) is 13.1. The summed E-state index contributed by atoms with van der Waals surface area (Å²) in [4.78, 5) is 18.1. The van der Waals surface area contributed by atoms with Crippen molar-refractivity contribution in [1.29, 1.82) is 0 Å². The molecule has 0 aromatic carbocycles. The van der Waals surface area contributed by atoms with Gasteiger partial charge < -0.3 is 5.11 Å². The van der Waals surface area contributed by atoms with E-state index in [2.05, 4.69) is 15.1 Å². The van der Waals surface area contributed by atoms with Gasteiger partial charge in [-0.3, -0.25) is 0 Å². The molecule has 2 rings (SSSR count). The van der Waals surface area contributed by atoms with Crippen LogP contribution in [0.4, 0.5) is 0 Å². The van der Waals surface area contributed by atoms with Gasteiger partial charge in [0.25, 0.3) is 0 Å². The van der Waals surface area contributed by atoms with E-state index >= 15 is 0 Å². The summed E-state index contributed by atoms with van der Waals surface area (Å²) in [7, 11) is 0. The van der Waals surface area contributed by atoms with E-state index in [0.29, 0.717) is 0 Å². The normalized spacial score (nSPS) is 10.4. The Hall–Kier alpha value is -1.95. The third kappa shape index (κ3) is 1.87. The number of hydrogen-bond acceptors (Lipinski definition) is 4. The number of halogens is 1. The molecule has 0 aliphatic heterocycles. The molecule has 6 nitrogen and oxygen atoms in total. The van der Waals surface area contributed by atoms with Crippen LogP contribution >= 0.6 is 11.6 Å². The lowest BCUT2D eigenvalue weighted by Crippen LogP contribution is -2.08. The average Bonchev–Trinajstić information content (AvgIpc) is 2.65. The second kappa shape index (κ2) is 3.90. The molecule has 0 fully saturated rings. The monoisotopic (exact) mass is 238 g/mol. The molecule has 0 saturated carbocycles. The van der Waals surface area contributed by atoms with Crippen LogP contribution in [0.5, 0.6) is 0 Å². The second-order valence-corrected chi connectivity index (χ2v) is 3.48. The van der Waals surface area contributed by atoms with Crippen molar-refractivity contribution in [1.82, 2.24) is 19.7 Å². The molecule has 82 valence electrons. The maximum Gasteiger partial charge on any atom is 0.374 e. The number of nitrogens with zero attached hydrogens (tertiary/aromatic N) is 4. The Kier molecular flexibility index (Phi) is 2.57. The Morgan fingerprint density at radius 2 is 2.31 bits per heavy atom. The van der Waals surface area contributed by atoms with E-state index in [1.807, 2.05) is 6.92 Å².